The van der Waals surface area contributed by atoms with E-state index in [-0.39, 0.29) is 24.1 Å². The van der Waals surface area contributed by atoms with Crippen molar-refractivity contribution >= 4 is 29.2 Å². The minimum Gasteiger partial charge on any atom is -0.325 e. The standard InChI is InChI=1S/C29H28ClFN4O2/c1-29(2,3)25-17-26(35(33-25)24-16-10-8-14-22(24)30)32-27(36)19-34(18-20-11-5-4-6-12-20)28(37)21-13-7-9-15-23(21)31/h4-17H,18-19H2,1-3H3,(H,32,36). The Balaban J connectivity index is 1.64. The lowest BCUT2D eigenvalue weighted by molar-refractivity contribution is -0.117. The molecule has 0 atom stereocenters. The molecule has 4 rings (SSSR count). The van der Waals surface area contributed by atoms with Crippen LogP contribution in [0.25, 0.3) is 5.69 Å². The van der Waals surface area contributed by atoms with E-state index in [4.69, 9.17) is 16.7 Å². The lowest BCUT2D eigenvalue weighted by atomic mass is 9.92. The van der Waals surface area contributed by atoms with Gasteiger partial charge in [-0.25, -0.2) is 9.07 Å². The number of aromatic nitrogens is 2. The van der Waals surface area contributed by atoms with Gasteiger partial charge in [-0.15, -0.1) is 0 Å². The van der Waals surface area contributed by atoms with Gasteiger partial charge in [-0.3, -0.25) is 9.59 Å². The molecule has 0 aliphatic heterocycles. The number of nitrogens with zero attached hydrogens (tertiary/aromatic N) is 3. The maximum Gasteiger partial charge on any atom is 0.257 e. The van der Waals surface area contributed by atoms with Crippen LogP contribution < -0.4 is 5.32 Å². The molecule has 8 heteroatoms. The van der Waals surface area contributed by atoms with Gasteiger partial charge in [-0.05, 0) is 29.8 Å². The number of para-hydroxylation sites is 1. The number of hydrogen-bond donors (Lipinski definition) is 1. The molecule has 2 amide bonds. The molecular weight excluding hydrogens is 491 g/mol. The summed E-state index contributed by atoms with van der Waals surface area (Å²) in [6.07, 6.45) is 0. The van der Waals surface area contributed by atoms with Gasteiger partial charge < -0.3 is 10.2 Å². The highest BCUT2D eigenvalue weighted by Gasteiger charge is 2.25. The molecule has 0 aliphatic carbocycles. The minimum absolute atomic E-state index is 0.0950. The number of anilines is 1. The van der Waals surface area contributed by atoms with E-state index >= 15 is 0 Å². The van der Waals surface area contributed by atoms with Crippen LogP contribution in [0.1, 0.15) is 42.4 Å². The third-order valence-corrected chi connectivity index (χ3v) is 6.09. The van der Waals surface area contributed by atoms with E-state index < -0.39 is 17.6 Å². The number of carbonyl (C=O) groups is 2. The van der Waals surface area contributed by atoms with Gasteiger partial charge in [0.25, 0.3) is 5.91 Å². The highest BCUT2D eigenvalue weighted by molar-refractivity contribution is 6.32. The van der Waals surface area contributed by atoms with E-state index in [2.05, 4.69) is 5.32 Å². The van der Waals surface area contributed by atoms with E-state index in [0.29, 0.717) is 16.5 Å². The Morgan fingerprint density at radius 3 is 2.30 bits per heavy atom. The van der Waals surface area contributed by atoms with Gasteiger partial charge in [0.05, 0.1) is 22.0 Å². The second-order valence-electron chi connectivity index (χ2n) is 9.70. The van der Waals surface area contributed by atoms with Crippen LogP contribution in [-0.2, 0) is 16.8 Å². The van der Waals surface area contributed by atoms with Crippen molar-refractivity contribution in [3.8, 4) is 5.69 Å². The molecule has 0 radical (unpaired) electrons. The average Bonchev–Trinajstić information content (AvgIpc) is 3.28. The van der Waals surface area contributed by atoms with Crippen molar-refractivity contribution in [2.45, 2.75) is 32.7 Å². The predicted octanol–water partition coefficient (Wildman–Crippen LogP) is 6.24. The Morgan fingerprint density at radius 2 is 1.62 bits per heavy atom. The third-order valence-electron chi connectivity index (χ3n) is 5.77. The Kier molecular flexibility index (Phi) is 7.74. The first-order chi connectivity index (χ1) is 17.6. The zero-order valence-electron chi connectivity index (χ0n) is 20.9. The van der Waals surface area contributed by atoms with Crippen molar-refractivity contribution in [1.82, 2.24) is 14.7 Å². The SMILES string of the molecule is CC(C)(C)c1cc(NC(=O)CN(Cc2ccccc2)C(=O)c2ccccc2F)n(-c2ccccc2Cl)n1. The zero-order chi connectivity index (χ0) is 26.6. The molecule has 1 heterocycles. The van der Waals surface area contributed by atoms with Crippen molar-refractivity contribution in [2.24, 2.45) is 0 Å². The van der Waals surface area contributed by atoms with Crippen molar-refractivity contribution < 1.29 is 14.0 Å². The van der Waals surface area contributed by atoms with Gasteiger partial charge in [-0.1, -0.05) is 87.0 Å². The molecule has 0 saturated carbocycles. The maximum atomic E-state index is 14.4. The number of rotatable bonds is 7. The molecule has 37 heavy (non-hydrogen) atoms. The van der Waals surface area contributed by atoms with Gasteiger partial charge in [-0.2, -0.15) is 5.10 Å². The summed E-state index contributed by atoms with van der Waals surface area (Å²) in [5.74, 6) is -1.25. The van der Waals surface area contributed by atoms with Crippen LogP contribution in [-0.4, -0.2) is 33.0 Å². The van der Waals surface area contributed by atoms with E-state index in [9.17, 15) is 14.0 Å². The van der Waals surface area contributed by atoms with Crippen LogP contribution in [0.2, 0.25) is 5.02 Å². The second-order valence-corrected chi connectivity index (χ2v) is 10.1. The zero-order valence-corrected chi connectivity index (χ0v) is 21.7. The van der Waals surface area contributed by atoms with Crippen LogP contribution in [0.5, 0.6) is 0 Å². The molecule has 4 aromatic rings. The van der Waals surface area contributed by atoms with Crippen molar-refractivity contribution in [3.63, 3.8) is 0 Å². The molecule has 1 N–H and O–H groups in total. The maximum absolute atomic E-state index is 14.4. The van der Waals surface area contributed by atoms with E-state index in [1.165, 1.54) is 23.1 Å². The van der Waals surface area contributed by atoms with Gasteiger partial charge in [0, 0.05) is 18.0 Å². The van der Waals surface area contributed by atoms with E-state index in [1.54, 1.807) is 28.9 Å². The summed E-state index contributed by atoms with van der Waals surface area (Å²) in [5.41, 5.74) is 1.80. The summed E-state index contributed by atoms with van der Waals surface area (Å²) in [6, 6.07) is 24.0. The van der Waals surface area contributed by atoms with Crippen molar-refractivity contribution in [3.05, 3.63) is 113 Å². The van der Waals surface area contributed by atoms with Gasteiger partial charge in [0.15, 0.2) is 0 Å². The number of amides is 2. The first-order valence-corrected chi connectivity index (χ1v) is 12.2. The third kappa shape index (κ3) is 6.24. The van der Waals surface area contributed by atoms with Crippen LogP contribution in [0.3, 0.4) is 0 Å². The summed E-state index contributed by atoms with van der Waals surface area (Å²) >= 11 is 6.43. The molecule has 1 aromatic heterocycles. The van der Waals surface area contributed by atoms with Gasteiger partial charge in [0.1, 0.15) is 18.2 Å². The molecule has 6 nitrogen and oxygen atoms in total. The Labute approximate surface area is 220 Å². The second kappa shape index (κ2) is 11.0. The topological polar surface area (TPSA) is 67.2 Å². The number of carbonyl (C=O) groups excluding carboxylic acids is 2. The fourth-order valence-corrected chi connectivity index (χ4v) is 4.02. The first-order valence-electron chi connectivity index (χ1n) is 11.9. The fraction of sp³-hybridized carbons (Fsp3) is 0.207. The molecule has 0 bridgehead atoms. The van der Waals surface area contributed by atoms with Crippen LogP contribution >= 0.6 is 11.6 Å². The molecule has 0 unspecified atom stereocenters. The Hall–Kier alpha value is -3.97. The summed E-state index contributed by atoms with van der Waals surface area (Å²) in [7, 11) is 0. The highest BCUT2D eigenvalue weighted by Crippen LogP contribution is 2.29. The molecule has 0 spiro atoms. The molecule has 0 fully saturated rings. The monoisotopic (exact) mass is 518 g/mol. The largest absolute Gasteiger partial charge is 0.325 e. The quantitative estimate of drug-likeness (QED) is 0.315. The Bertz CT molecular complexity index is 1410. The first kappa shape index (κ1) is 26.1. The number of nitrogens with one attached hydrogen (secondary N) is 1. The summed E-state index contributed by atoms with van der Waals surface area (Å²) in [6.45, 7) is 5.91. The lowest BCUT2D eigenvalue weighted by Gasteiger charge is -2.23. The summed E-state index contributed by atoms with van der Waals surface area (Å²) < 4.78 is 16.0. The van der Waals surface area contributed by atoms with E-state index in [1.807, 2.05) is 63.2 Å². The van der Waals surface area contributed by atoms with Crippen molar-refractivity contribution in [1.29, 1.82) is 0 Å². The predicted molar refractivity (Wildman–Crippen MR) is 143 cm³/mol. The van der Waals surface area contributed by atoms with Crippen molar-refractivity contribution in [2.75, 3.05) is 11.9 Å². The number of hydrogen-bond acceptors (Lipinski definition) is 3. The average molecular weight is 519 g/mol. The molecule has 0 aliphatic rings. The van der Waals surface area contributed by atoms with Crippen LogP contribution in [0.15, 0.2) is 84.9 Å². The molecule has 190 valence electrons. The highest BCUT2D eigenvalue weighted by atomic mass is 35.5. The van der Waals surface area contributed by atoms with Gasteiger partial charge in [0.2, 0.25) is 5.91 Å². The fourth-order valence-electron chi connectivity index (χ4n) is 3.81. The van der Waals surface area contributed by atoms with Crippen LogP contribution in [0.4, 0.5) is 10.2 Å². The smallest absolute Gasteiger partial charge is 0.257 e. The molecule has 3 aromatic carbocycles. The molecular formula is C29H28ClFN4O2. The summed E-state index contributed by atoms with van der Waals surface area (Å²) in [5, 5.41) is 8.05. The van der Waals surface area contributed by atoms with Crippen LogP contribution in [0, 0.1) is 5.82 Å². The minimum atomic E-state index is -0.641. The van der Waals surface area contributed by atoms with E-state index in [0.717, 1.165) is 11.3 Å². The Morgan fingerprint density at radius 1 is 0.973 bits per heavy atom. The number of benzene rings is 3. The van der Waals surface area contributed by atoms with Gasteiger partial charge >= 0.3 is 0 Å². The number of halogens is 2. The molecule has 0 saturated heterocycles. The lowest BCUT2D eigenvalue weighted by Crippen LogP contribution is -2.38. The summed E-state index contributed by atoms with van der Waals surface area (Å²) in [4.78, 5) is 27.9. The normalized spacial score (nSPS) is 11.3.